The minimum atomic E-state index is -0.210. The molecule has 0 fully saturated rings. The first-order valence-electron chi connectivity index (χ1n) is 8.08. The standard InChI is InChI=1S/C21H14FNS.CO2/c22-19-12-5-4-11-18(19)16-9-6-10-17(13-16)20-14-24-21(23-20)15-7-2-1-3-8-15;2-1-3/h1-14H;. The number of aromatic nitrogens is 1. The third kappa shape index (κ3) is 4.42. The smallest absolute Gasteiger partial charge is 0.236 e. The largest absolute Gasteiger partial charge is 0.373 e. The minimum Gasteiger partial charge on any atom is -0.236 e. The van der Waals surface area contributed by atoms with Gasteiger partial charge in [0.15, 0.2) is 0 Å². The van der Waals surface area contributed by atoms with Gasteiger partial charge in [0.2, 0.25) is 0 Å². The van der Waals surface area contributed by atoms with E-state index in [1.807, 2.05) is 53.9 Å². The Bertz CT molecular complexity index is 1070. The number of hydrogen-bond donors (Lipinski definition) is 0. The zero-order valence-corrected chi connectivity index (χ0v) is 14.9. The lowest BCUT2D eigenvalue weighted by atomic mass is 10.0. The van der Waals surface area contributed by atoms with E-state index in [-0.39, 0.29) is 12.0 Å². The first-order chi connectivity index (χ1) is 13.2. The topological polar surface area (TPSA) is 47.0 Å². The summed E-state index contributed by atoms with van der Waals surface area (Å²) in [6, 6.07) is 24.8. The average molecular weight is 375 g/mol. The van der Waals surface area contributed by atoms with Crippen LogP contribution in [0.5, 0.6) is 0 Å². The molecule has 0 aliphatic rings. The second-order valence-corrected chi connectivity index (χ2v) is 6.41. The summed E-state index contributed by atoms with van der Waals surface area (Å²) in [6.45, 7) is 0. The quantitative estimate of drug-likeness (QED) is 0.461. The molecule has 27 heavy (non-hydrogen) atoms. The Labute approximate surface area is 159 Å². The van der Waals surface area contributed by atoms with Gasteiger partial charge < -0.3 is 0 Å². The lowest BCUT2D eigenvalue weighted by Gasteiger charge is -2.05. The highest BCUT2D eigenvalue weighted by Gasteiger charge is 2.09. The highest BCUT2D eigenvalue weighted by Crippen LogP contribution is 2.31. The maximum absolute atomic E-state index is 14.0. The molecule has 0 radical (unpaired) electrons. The van der Waals surface area contributed by atoms with Gasteiger partial charge in [0.1, 0.15) is 10.8 Å². The van der Waals surface area contributed by atoms with Crippen molar-refractivity contribution < 1.29 is 14.0 Å². The fraction of sp³-hybridized carbons (Fsp3) is 0. The molecule has 4 rings (SSSR count). The molecule has 0 saturated heterocycles. The van der Waals surface area contributed by atoms with Crippen molar-refractivity contribution >= 4 is 17.5 Å². The van der Waals surface area contributed by atoms with Crippen molar-refractivity contribution in [2.45, 2.75) is 0 Å². The van der Waals surface area contributed by atoms with Gasteiger partial charge in [0.25, 0.3) is 0 Å². The van der Waals surface area contributed by atoms with E-state index in [0.29, 0.717) is 5.56 Å². The van der Waals surface area contributed by atoms with E-state index in [9.17, 15) is 4.39 Å². The fourth-order valence-electron chi connectivity index (χ4n) is 2.66. The van der Waals surface area contributed by atoms with Crippen LogP contribution in [-0.4, -0.2) is 11.1 Å². The third-order valence-corrected chi connectivity index (χ3v) is 4.76. The number of benzene rings is 3. The Hall–Kier alpha value is -3.40. The van der Waals surface area contributed by atoms with Gasteiger partial charge in [-0.3, -0.25) is 0 Å². The zero-order chi connectivity index (χ0) is 19.1. The number of halogens is 1. The Balaban J connectivity index is 0.000000659. The van der Waals surface area contributed by atoms with Crippen molar-refractivity contribution in [3.05, 3.63) is 90.1 Å². The second kappa shape index (κ2) is 8.81. The monoisotopic (exact) mass is 375 g/mol. The van der Waals surface area contributed by atoms with Crippen molar-refractivity contribution in [1.29, 1.82) is 0 Å². The SMILES string of the molecule is Fc1ccccc1-c1cccc(-c2csc(-c3ccccc3)n2)c1.O=C=O. The van der Waals surface area contributed by atoms with Gasteiger partial charge in [-0.1, -0.05) is 66.7 Å². The summed E-state index contributed by atoms with van der Waals surface area (Å²) in [5.41, 5.74) is 4.49. The average Bonchev–Trinajstić information content (AvgIpc) is 3.20. The predicted octanol–water partition coefficient (Wildman–Crippen LogP) is 5.70. The first kappa shape index (κ1) is 18.4. The molecular weight excluding hydrogens is 361 g/mol. The van der Waals surface area contributed by atoms with Crippen LogP contribution in [0.1, 0.15) is 0 Å². The number of carbonyl (C=O) groups excluding carboxylic acids is 2. The normalized spacial score (nSPS) is 9.81. The van der Waals surface area contributed by atoms with Gasteiger partial charge in [0.05, 0.1) is 5.69 Å². The van der Waals surface area contributed by atoms with Crippen molar-refractivity contribution in [1.82, 2.24) is 4.98 Å². The van der Waals surface area contributed by atoms with Gasteiger partial charge in [-0.2, -0.15) is 9.59 Å². The Morgan fingerprint density at radius 3 is 2.15 bits per heavy atom. The fourth-order valence-corrected chi connectivity index (χ4v) is 3.50. The van der Waals surface area contributed by atoms with E-state index in [2.05, 4.69) is 12.1 Å². The molecule has 0 spiro atoms. The summed E-state index contributed by atoms with van der Waals surface area (Å²) in [4.78, 5) is 21.0. The highest BCUT2D eigenvalue weighted by molar-refractivity contribution is 7.13. The molecule has 0 atom stereocenters. The number of nitrogens with zero attached hydrogens (tertiary/aromatic N) is 1. The molecule has 0 aliphatic carbocycles. The van der Waals surface area contributed by atoms with Crippen LogP contribution in [0.4, 0.5) is 4.39 Å². The minimum absolute atomic E-state index is 0.210. The number of hydrogen-bond acceptors (Lipinski definition) is 4. The van der Waals surface area contributed by atoms with Crippen LogP contribution in [0.25, 0.3) is 33.0 Å². The summed E-state index contributed by atoms with van der Waals surface area (Å²) in [5, 5.41) is 3.03. The molecule has 0 aliphatic heterocycles. The summed E-state index contributed by atoms with van der Waals surface area (Å²) < 4.78 is 14.0. The van der Waals surface area contributed by atoms with Crippen molar-refractivity contribution in [2.75, 3.05) is 0 Å². The second-order valence-electron chi connectivity index (χ2n) is 5.55. The summed E-state index contributed by atoms with van der Waals surface area (Å²) in [7, 11) is 0. The molecule has 3 nitrogen and oxygen atoms in total. The zero-order valence-electron chi connectivity index (χ0n) is 14.1. The van der Waals surface area contributed by atoms with E-state index in [0.717, 1.165) is 27.4 Å². The number of thiazole rings is 1. The third-order valence-electron chi connectivity index (χ3n) is 3.87. The Morgan fingerprint density at radius 1 is 0.778 bits per heavy atom. The van der Waals surface area contributed by atoms with Crippen LogP contribution in [0, 0.1) is 5.82 Å². The molecule has 5 heteroatoms. The maximum Gasteiger partial charge on any atom is 0.373 e. The lowest BCUT2D eigenvalue weighted by Crippen LogP contribution is -1.85. The Morgan fingerprint density at radius 2 is 1.41 bits per heavy atom. The summed E-state index contributed by atoms with van der Waals surface area (Å²) >= 11 is 1.62. The molecule has 3 aromatic carbocycles. The molecular formula is C22H14FNO2S. The van der Waals surface area contributed by atoms with Crippen LogP contribution in [0.2, 0.25) is 0 Å². The van der Waals surface area contributed by atoms with E-state index >= 15 is 0 Å². The lowest BCUT2D eigenvalue weighted by molar-refractivity contribution is -0.191. The Kier molecular flexibility index (Phi) is 6.00. The molecule has 0 N–H and O–H groups in total. The molecule has 0 bridgehead atoms. The van der Waals surface area contributed by atoms with Gasteiger partial charge in [0, 0.05) is 22.1 Å². The predicted molar refractivity (Wildman–Crippen MR) is 103 cm³/mol. The van der Waals surface area contributed by atoms with Crippen LogP contribution >= 0.6 is 11.3 Å². The molecule has 0 amide bonds. The highest BCUT2D eigenvalue weighted by atomic mass is 32.1. The maximum atomic E-state index is 14.0. The van der Waals surface area contributed by atoms with E-state index in [4.69, 9.17) is 14.6 Å². The summed E-state index contributed by atoms with van der Waals surface area (Å²) in [6.07, 6.45) is 0.250. The molecule has 0 saturated carbocycles. The van der Waals surface area contributed by atoms with E-state index in [1.54, 1.807) is 23.5 Å². The van der Waals surface area contributed by atoms with Gasteiger partial charge >= 0.3 is 6.15 Å². The molecule has 0 unspecified atom stereocenters. The van der Waals surface area contributed by atoms with Crippen molar-refractivity contribution in [3.63, 3.8) is 0 Å². The van der Waals surface area contributed by atoms with Crippen LogP contribution in [0.3, 0.4) is 0 Å². The first-order valence-corrected chi connectivity index (χ1v) is 8.96. The van der Waals surface area contributed by atoms with Gasteiger partial charge in [-0.25, -0.2) is 9.37 Å². The van der Waals surface area contributed by atoms with Crippen LogP contribution < -0.4 is 0 Å². The van der Waals surface area contributed by atoms with Crippen LogP contribution in [-0.2, 0) is 9.59 Å². The summed E-state index contributed by atoms with van der Waals surface area (Å²) in [5.74, 6) is -0.210. The molecule has 4 aromatic rings. The van der Waals surface area contributed by atoms with Gasteiger partial charge in [-0.05, 0) is 17.7 Å². The number of rotatable bonds is 3. The molecule has 1 heterocycles. The van der Waals surface area contributed by atoms with E-state index in [1.165, 1.54) is 6.07 Å². The van der Waals surface area contributed by atoms with Crippen molar-refractivity contribution in [2.24, 2.45) is 0 Å². The molecule has 132 valence electrons. The van der Waals surface area contributed by atoms with Crippen LogP contribution in [0.15, 0.2) is 84.2 Å². The van der Waals surface area contributed by atoms with Crippen molar-refractivity contribution in [3.8, 4) is 33.0 Å². The van der Waals surface area contributed by atoms with Gasteiger partial charge in [-0.15, -0.1) is 11.3 Å². The molecule has 1 aromatic heterocycles. The van der Waals surface area contributed by atoms with E-state index < -0.39 is 0 Å².